The molecule has 0 saturated heterocycles. The average Bonchev–Trinajstić information content (AvgIpc) is 2.55. The molecule has 0 atom stereocenters. The number of carbonyl (C=O) groups excluding carboxylic acids is 3. The van der Waals surface area contributed by atoms with Gasteiger partial charge in [0.05, 0.1) is 12.5 Å². The molecular weight excluding hydrogens is 300 g/mol. The van der Waals surface area contributed by atoms with Crippen LogP contribution in [0.1, 0.15) is 23.7 Å². The number of esters is 1. The summed E-state index contributed by atoms with van der Waals surface area (Å²) in [5.41, 5.74) is 0.547. The van der Waals surface area contributed by atoms with Crippen LogP contribution in [0.5, 0.6) is 5.75 Å². The van der Waals surface area contributed by atoms with Crippen LogP contribution in [0.15, 0.2) is 24.3 Å². The van der Waals surface area contributed by atoms with E-state index < -0.39 is 12.6 Å². The van der Waals surface area contributed by atoms with Crippen LogP contribution in [-0.2, 0) is 14.3 Å². The molecule has 23 heavy (non-hydrogen) atoms. The minimum Gasteiger partial charge on any atom is -0.482 e. The largest absolute Gasteiger partial charge is 0.482 e. The molecule has 7 heteroatoms. The number of likely N-dealkylation sites (N-methyl/N-ethyl adjacent to an activating group) is 1. The van der Waals surface area contributed by atoms with Crippen molar-refractivity contribution in [1.29, 1.82) is 5.26 Å². The van der Waals surface area contributed by atoms with Gasteiger partial charge in [-0.1, -0.05) is 0 Å². The monoisotopic (exact) mass is 318 g/mol. The van der Waals surface area contributed by atoms with Gasteiger partial charge in [0.2, 0.25) is 0 Å². The third kappa shape index (κ3) is 6.61. The lowest BCUT2D eigenvalue weighted by molar-refractivity contribution is -0.153. The van der Waals surface area contributed by atoms with Crippen LogP contribution in [-0.4, -0.2) is 49.4 Å². The van der Waals surface area contributed by atoms with E-state index in [0.29, 0.717) is 11.3 Å². The van der Waals surface area contributed by atoms with E-state index in [9.17, 15) is 14.4 Å². The van der Waals surface area contributed by atoms with Gasteiger partial charge in [0.15, 0.2) is 19.0 Å². The predicted octanol–water partition coefficient (Wildman–Crippen LogP) is 1.18. The fourth-order valence-corrected chi connectivity index (χ4v) is 1.56. The van der Waals surface area contributed by atoms with Crippen molar-refractivity contribution in [2.24, 2.45) is 0 Å². The molecule has 0 N–H and O–H groups in total. The Morgan fingerprint density at radius 2 is 1.83 bits per heavy atom. The summed E-state index contributed by atoms with van der Waals surface area (Å²) >= 11 is 0. The number of carbonyl (C=O) groups is 3. The molecule has 0 unspecified atom stereocenters. The number of nitriles is 1. The van der Waals surface area contributed by atoms with Crippen LogP contribution in [0.4, 0.5) is 0 Å². The number of Topliss-reactive ketones (excluding diaryl/α,β-unsaturated/α-hetero) is 1. The standard InChI is InChI=1S/C16H18N2O5/c1-12(19)13-4-6-14(7-5-13)22-11-16(21)23-10-15(20)18(2)9-3-8-17/h4-7H,3,9-11H2,1-2H3. The quantitative estimate of drug-likeness (QED) is 0.527. The topological polar surface area (TPSA) is 96.7 Å². The van der Waals surface area contributed by atoms with Crippen molar-refractivity contribution < 1.29 is 23.9 Å². The van der Waals surface area contributed by atoms with E-state index in [2.05, 4.69) is 0 Å². The zero-order valence-electron chi connectivity index (χ0n) is 13.1. The summed E-state index contributed by atoms with van der Waals surface area (Å²) in [4.78, 5) is 35.5. The van der Waals surface area contributed by atoms with Crippen LogP contribution in [0.3, 0.4) is 0 Å². The molecule has 0 heterocycles. The maximum absolute atomic E-state index is 11.6. The normalized spacial score (nSPS) is 9.61. The van der Waals surface area contributed by atoms with Crippen molar-refractivity contribution in [2.75, 3.05) is 26.8 Å². The first kappa shape index (κ1) is 18.2. The van der Waals surface area contributed by atoms with E-state index in [4.69, 9.17) is 14.7 Å². The Labute approximate surface area is 134 Å². The molecule has 7 nitrogen and oxygen atoms in total. The number of ketones is 1. The fraction of sp³-hybridized carbons (Fsp3) is 0.375. The van der Waals surface area contributed by atoms with E-state index in [-0.39, 0.29) is 31.3 Å². The molecule has 0 spiro atoms. The summed E-state index contributed by atoms with van der Waals surface area (Å²) in [5, 5.41) is 8.43. The zero-order chi connectivity index (χ0) is 17.2. The SMILES string of the molecule is CC(=O)c1ccc(OCC(=O)OCC(=O)N(C)CCC#N)cc1. The minimum absolute atomic E-state index is 0.0602. The molecule has 0 fully saturated rings. The van der Waals surface area contributed by atoms with Crippen LogP contribution in [0.2, 0.25) is 0 Å². The van der Waals surface area contributed by atoms with Gasteiger partial charge in [-0.2, -0.15) is 5.26 Å². The second-order valence-corrected chi connectivity index (χ2v) is 4.75. The maximum atomic E-state index is 11.6. The molecule has 1 aromatic carbocycles. The molecule has 0 aliphatic heterocycles. The van der Waals surface area contributed by atoms with Crippen molar-refractivity contribution in [2.45, 2.75) is 13.3 Å². The lowest BCUT2D eigenvalue weighted by Gasteiger charge is -2.15. The van der Waals surface area contributed by atoms with E-state index in [1.165, 1.54) is 18.9 Å². The molecule has 0 aliphatic carbocycles. The van der Waals surface area contributed by atoms with E-state index in [1.54, 1.807) is 24.3 Å². The fourth-order valence-electron chi connectivity index (χ4n) is 1.56. The number of hydrogen-bond donors (Lipinski definition) is 0. The van der Waals surface area contributed by atoms with Gasteiger partial charge >= 0.3 is 5.97 Å². The molecule has 1 rings (SSSR count). The van der Waals surface area contributed by atoms with E-state index in [1.807, 2.05) is 6.07 Å². The van der Waals surface area contributed by atoms with Gasteiger partial charge in [-0.15, -0.1) is 0 Å². The Kier molecular flexibility index (Phi) is 7.27. The van der Waals surface area contributed by atoms with Crippen LogP contribution in [0, 0.1) is 11.3 Å². The van der Waals surface area contributed by atoms with Gasteiger partial charge < -0.3 is 14.4 Å². The average molecular weight is 318 g/mol. The number of ether oxygens (including phenoxy) is 2. The molecule has 122 valence electrons. The van der Waals surface area contributed by atoms with E-state index in [0.717, 1.165) is 0 Å². The van der Waals surface area contributed by atoms with Gasteiger partial charge in [0.1, 0.15) is 5.75 Å². The van der Waals surface area contributed by atoms with Gasteiger partial charge in [-0.25, -0.2) is 4.79 Å². The molecule has 1 amide bonds. The number of hydrogen-bond acceptors (Lipinski definition) is 6. The Balaban J connectivity index is 2.33. The minimum atomic E-state index is -0.678. The molecule has 0 radical (unpaired) electrons. The van der Waals surface area contributed by atoms with Gasteiger partial charge in [-0.05, 0) is 31.2 Å². The number of nitrogens with zero attached hydrogens (tertiary/aromatic N) is 2. The Morgan fingerprint density at radius 1 is 1.17 bits per heavy atom. The van der Waals surface area contributed by atoms with Crippen LogP contribution >= 0.6 is 0 Å². The molecule has 0 aliphatic rings. The van der Waals surface area contributed by atoms with Crippen molar-refractivity contribution >= 4 is 17.7 Å². The van der Waals surface area contributed by atoms with Crippen molar-refractivity contribution in [3.8, 4) is 11.8 Å². The van der Waals surface area contributed by atoms with Crippen molar-refractivity contribution in [3.63, 3.8) is 0 Å². The smallest absolute Gasteiger partial charge is 0.344 e. The lowest BCUT2D eigenvalue weighted by atomic mass is 10.1. The Bertz CT molecular complexity index is 604. The molecule has 0 bridgehead atoms. The van der Waals surface area contributed by atoms with Gasteiger partial charge in [0.25, 0.3) is 5.91 Å². The maximum Gasteiger partial charge on any atom is 0.344 e. The first-order chi connectivity index (χ1) is 10.9. The highest BCUT2D eigenvalue weighted by Crippen LogP contribution is 2.12. The highest BCUT2D eigenvalue weighted by molar-refractivity contribution is 5.94. The predicted molar refractivity (Wildman–Crippen MR) is 80.8 cm³/mol. The molecular formula is C16H18N2O5. The third-order valence-corrected chi connectivity index (χ3v) is 2.96. The number of amides is 1. The van der Waals surface area contributed by atoms with Gasteiger partial charge in [0, 0.05) is 19.2 Å². The number of benzene rings is 1. The second-order valence-electron chi connectivity index (χ2n) is 4.75. The van der Waals surface area contributed by atoms with E-state index >= 15 is 0 Å². The first-order valence-electron chi connectivity index (χ1n) is 6.94. The summed E-state index contributed by atoms with van der Waals surface area (Å²) in [6.45, 7) is 1.01. The summed E-state index contributed by atoms with van der Waals surface area (Å²) in [5.74, 6) is -0.707. The molecule has 0 saturated carbocycles. The number of rotatable bonds is 8. The zero-order valence-corrected chi connectivity index (χ0v) is 13.1. The highest BCUT2D eigenvalue weighted by Gasteiger charge is 2.12. The van der Waals surface area contributed by atoms with Gasteiger partial charge in [-0.3, -0.25) is 9.59 Å². The summed E-state index contributed by atoms with van der Waals surface area (Å²) in [7, 11) is 1.53. The lowest BCUT2D eigenvalue weighted by Crippen LogP contribution is -2.32. The molecule has 0 aromatic heterocycles. The summed E-state index contributed by atoms with van der Waals surface area (Å²) in [6.07, 6.45) is 0.218. The van der Waals surface area contributed by atoms with Crippen molar-refractivity contribution in [1.82, 2.24) is 4.90 Å². The highest BCUT2D eigenvalue weighted by atomic mass is 16.6. The van der Waals surface area contributed by atoms with Crippen LogP contribution in [0.25, 0.3) is 0 Å². The van der Waals surface area contributed by atoms with Crippen molar-refractivity contribution in [3.05, 3.63) is 29.8 Å². The Hall–Kier alpha value is -2.88. The Morgan fingerprint density at radius 3 is 2.39 bits per heavy atom. The summed E-state index contributed by atoms with van der Waals surface area (Å²) < 4.78 is 10.0. The first-order valence-corrected chi connectivity index (χ1v) is 6.94. The second kappa shape index (κ2) is 9.20. The third-order valence-electron chi connectivity index (χ3n) is 2.96. The molecule has 1 aromatic rings. The summed E-state index contributed by atoms with van der Waals surface area (Å²) in [6, 6.07) is 8.26. The van der Waals surface area contributed by atoms with Crippen LogP contribution < -0.4 is 4.74 Å².